The lowest BCUT2D eigenvalue weighted by Gasteiger charge is -2.14. The third-order valence-corrected chi connectivity index (χ3v) is 4.87. The number of esters is 1. The predicted molar refractivity (Wildman–Crippen MR) is 110 cm³/mol. The van der Waals surface area contributed by atoms with E-state index in [-0.39, 0.29) is 18.6 Å². The summed E-state index contributed by atoms with van der Waals surface area (Å²) >= 11 is 0. The van der Waals surface area contributed by atoms with Crippen molar-refractivity contribution in [3.8, 4) is 11.5 Å². The van der Waals surface area contributed by atoms with E-state index in [2.05, 4.69) is 5.16 Å². The van der Waals surface area contributed by atoms with Crippen LogP contribution in [0.25, 0.3) is 33.3 Å². The van der Waals surface area contributed by atoms with E-state index in [1.807, 2.05) is 36.4 Å². The topological polar surface area (TPSA) is 87.5 Å². The highest BCUT2D eigenvalue weighted by molar-refractivity contribution is 5.94. The summed E-state index contributed by atoms with van der Waals surface area (Å²) in [7, 11) is 0. The van der Waals surface area contributed by atoms with E-state index in [1.165, 1.54) is 6.26 Å². The van der Waals surface area contributed by atoms with Gasteiger partial charge in [0.05, 0.1) is 17.3 Å². The van der Waals surface area contributed by atoms with Gasteiger partial charge in [-0.25, -0.2) is 0 Å². The van der Waals surface area contributed by atoms with E-state index < -0.39 is 5.97 Å². The van der Waals surface area contributed by atoms with Crippen LogP contribution in [0.2, 0.25) is 0 Å². The summed E-state index contributed by atoms with van der Waals surface area (Å²) in [6.07, 6.45) is 1.54. The molecule has 3 heterocycles. The second kappa shape index (κ2) is 7.36. The summed E-state index contributed by atoms with van der Waals surface area (Å²) in [5.74, 6) is 0.561. The number of para-hydroxylation sites is 2. The first kappa shape index (κ1) is 17.9. The first-order valence-corrected chi connectivity index (χ1v) is 9.36. The minimum absolute atomic E-state index is 0.0287. The van der Waals surface area contributed by atoms with Crippen LogP contribution in [0.5, 0.6) is 0 Å². The van der Waals surface area contributed by atoms with Crippen molar-refractivity contribution in [3.05, 3.63) is 88.9 Å². The van der Waals surface area contributed by atoms with Crippen LogP contribution in [0.4, 0.5) is 0 Å². The predicted octanol–water partition coefficient (Wildman–Crippen LogP) is 4.15. The number of ether oxygens (including phenoxy) is 1. The number of furan rings is 1. The quantitative estimate of drug-likeness (QED) is 0.325. The van der Waals surface area contributed by atoms with Crippen LogP contribution in [0, 0.1) is 0 Å². The lowest BCUT2D eigenvalue weighted by Crippen LogP contribution is -2.18. The van der Waals surface area contributed by atoms with E-state index in [9.17, 15) is 9.59 Å². The summed E-state index contributed by atoms with van der Waals surface area (Å²) in [6.45, 7) is -0.0662. The molecule has 2 aromatic carbocycles. The smallest absolute Gasteiger partial charge is 0.326 e. The maximum absolute atomic E-state index is 12.8. The molecule has 0 unspecified atom stereocenters. The maximum atomic E-state index is 12.8. The lowest BCUT2D eigenvalue weighted by molar-refractivity contribution is -0.145. The summed E-state index contributed by atoms with van der Waals surface area (Å²) in [6, 6.07) is 19.6. The van der Waals surface area contributed by atoms with Gasteiger partial charge in [0.25, 0.3) is 0 Å². The molecule has 30 heavy (non-hydrogen) atoms. The first-order valence-electron chi connectivity index (χ1n) is 9.36. The van der Waals surface area contributed by atoms with Crippen molar-refractivity contribution in [1.82, 2.24) is 9.72 Å². The molecule has 0 saturated carbocycles. The minimum atomic E-state index is -0.448. The zero-order valence-corrected chi connectivity index (χ0v) is 15.8. The van der Waals surface area contributed by atoms with Gasteiger partial charge in [0.15, 0.2) is 11.2 Å². The molecule has 0 atom stereocenters. The number of hydrogen-bond donors (Lipinski definition) is 0. The fourth-order valence-electron chi connectivity index (χ4n) is 3.49. The van der Waals surface area contributed by atoms with E-state index in [0.717, 1.165) is 0 Å². The van der Waals surface area contributed by atoms with Gasteiger partial charge in [-0.2, -0.15) is 0 Å². The van der Waals surface area contributed by atoms with Crippen LogP contribution in [0.1, 0.15) is 5.69 Å². The van der Waals surface area contributed by atoms with Gasteiger partial charge >= 0.3 is 5.97 Å². The second-order valence-corrected chi connectivity index (χ2v) is 6.77. The molecule has 0 aliphatic carbocycles. The molecule has 0 N–H and O–H groups in total. The molecule has 5 aromatic rings. The second-order valence-electron chi connectivity index (χ2n) is 6.77. The summed E-state index contributed by atoms with van der Waals surface area (Å²) < 4.78 is 17.7. The maximum Gasteiger partial charge on any atom is 0.326 e. The number of rotatable bonds is 5. The van der Waals surface area contributed by atoms with Crippen LogP contribution >= 0.6 is 0 Å². The highest BCUT2D eigenvalue weighted by atomic mass is 16.5. The van der Waals surface area contributed by atoms with Gasteiger partial charge in [-0.3, -0.25) is 9.59 Å². The Bertz CT molecular complexity index is 1350. The standard InChI is InChI=1S/C23H16N2O5/c26-22(29-14-15-12-21(30-24-15)20-10-5-11-28-20)13-25-18-8-3-1-6-16(18)23(27)17-7-2-4-9-19(17)25/h1-12H,13-14H2. The van der Waals surface area contributed by atoms with Gasteiger partial charge in [0, 0.05) is 16.8 Å². The number of pyridine rings is 1. The van der Waals surface area contributed by atoms with Crippen molar-refractivity contribution < 1.29 is 18.5 Å². The Morgan fingerprint density at radius 2 is 1.63 bits per heavy atom. The van der Waals surface area contributed by atoms with E-state index in [4.69, 9.17) is 13.7 Å². The Kier molecular flexibility index (Phi) is 4.40. The summed E-state index contributed by atoms with van der Waals surface area (Å²) in [5, 5.41) is 5.02. The Morgan fingerprint density at radius 3 is 2.30 bits per heavy atom. The zero-order chi connectivity index (χ0) is 20.5. The Labute approximate surface area is 170 Å². The number of fused-ring (bicyclic) bond motifs is 2. The fourth-order valence-corrected chi connectivity index (χ4v) is 3.49. The molecule has 0 aliphatic heterocycles. The average Bonchev–Trinajstić information content (AvgIpc) is 3.47. The van der Waals surface area contributed by atoms with Gasteiger partial charge in [-0.1, -0.05) is 29.4 Å². The highest BCUT2D eigenvalue weighted by Gasteiger charge is 2.15. The van der Waals surface area contributed by atoms with Gasteiger partial charge in [0.2, 0.25) is 5.76 Å². The summed E-state index contributed by atoms with van der Waals surface area (Å²) in [5.41, 5.74) is 1.78. The zero-order valence-electron chi connectivity index (χ0n) is 15.8. The molecule has 3 aromatic heterocycles. The van der Waals surface area contributed by atoms with Crippen molar-refractivity contribution in [1.29, 1.82) is 0 Å². The van der Waals surface area contributed by atoms with E-state index >= 15 is 0 Å². The van der Waals surface area contributed by atoms with Gasteiger partial charge in [-0.15, -0.1) is 0 Å². The Hall–Kier alpha value is -4.13. The van der Waals surface area contributed by atoms with Crippen molar-refractivity contribution in [2.45, 2.75) is 13.2 Å². The number of benzene rings is 2. The van der Waals surface area contributed by atoms with Crippen molar-refractivity contribution in [3.63, 3.8) is 0 Å². The Balaban J connectivity index is 1.41. The molecule has 0 radical (unpaired) electrons. The molecule has 0 saturated heterocycles. The molecule has 0 aliphatic rings. The van der Waals surface area contributed by atoms with E-state index in [1.54, 1.807) is 34.9 Å². The molecular formula is C23H16N2O5. The number of carbonyl (C=O) groups excluding carboxylic acids is 1. The number of carbonyl (C=O) groups is 1. The third kappa shape index (κ3) is 3.16. The number of aromatic nitrogens is 2. The van der Waals surface area contributed by atoms with Crippen LogP contribution < -0.4 is 5.43 Å². The molecule has 7 nitrogen and oxygen atoms in total. The summed E-state index contributed by atoms with van der Waals surface area (Å²) in [4.78, 5) is 25.4. The van der Waals surface area contributed by atoms with Crippen molar-refractivity contribution in [2.75, 3.05) is 0 Å². The molecule has 0 bridgehead atoms. The molecule has 5 rings (SSSR count). The van der Waals surface area contributed by atoms with Gasteiger partial charge < -0.3 is 18.2 Å². The molecule has 7 heteroatoms. The molecule has 0 amide bonds. The Morgan fingerprint density at radius 1 is 0.933 bits per heavy atom. The minimum Gasteiger partial charge on any atom is -0.461 e. The highest BCUT2D eigenvalue weighted by Crippen LogP contribution is 2.21. The van der Waals surface area contributed by atoms with Gasteiger partial charge in [-0.05, 0) is 36.4 Å². The number of nitrogens with zero attached hydrogens (tertiary/aromatic N) is 2. The van der Waals surface area contributed by atoms with Crippen LogP contribution in [-0.2, 0) is 22.7 Å². The average molecular weight is 400 g/mol. The molecular weight excluding hydrogens is 384 g/mol. The first-order chi connectivity index (χ1) is 14.7. The normalized spacial score (nSPS) is 11.2. The molecule has 148 valence electrons. The lowest BCUT2D eigenvalue weighted by atomic mass is 10.1. The number of hydrogen-bond acceptors (Lipinski definition) is 6. The van der Waals surface area contributed by atoms with Crippen molar-refractivity contribution in [2.24, 2.45) is 0 Å². The fraction of sp³-hybridized carbons (Fsp3) is 0.0870. The van der Waals surface area contributed by atoms with Crippen LogP contribution in [0.3, 0.4) is 0 Å². The molecule has 0 fully saturated rings. The van der Waals surface area contributed by atoms with Gasteiger partial charge in [0.1, 0.15) is 18.8 Å². The molecule has 0 spiro atoms. The monoisotopic (exact) mass is 400 g/mol. The third-order valence-electron chi connectivity index (χ3n) is 4.87. The largest absolute Gasteiger partial charge is 0.461 e. The van der Waals surface area contributed by atoms with Crippen LogP contribution in [0.15, 0.2) is 86.7 Å². The van der Waals surface area contributed by atoms with E-state index in [0.29, 0.717) is 39.0 Å². The SMILES string of the molecule is O=C(Cn1c2ccccc2c(=O)c2ccccc21)OCc1cc(-c2ccco2)on1. The van der Waals surface area contributed by atoms with Crippen LogP contribution in [-0.4, -0.2) is 15.7 Å². The van der Waals surface area contributed by atoms with Crippen molar-refractivity contribution >= 4 is 27.8 Å².